The van der Waals surface area contributed by atoms with Gasteiger partial charge in [-0.1, -0.05) is 13.8 Å². The van der Waals surface area contributed by atoms with Gasteiger partial charge in [0.25, 0.3) is 0 Å². The summed E-state index contributed by atoms with van der Waals surface area (Å²) in [5.74, 6) is 1.39. The van der Waals surface area contributed by atoms with Crippen LogP contribution in [-0.2, 0) is 0 Å². The van der Waals surface area contributed by atoms with E-state index in [0.29, 0.717) is 17.7 Å². The standard InChI is InChI=1S/C11H16N2O/c1-8-3-4-11(9(8)2)13-7-12-5-10(13)6-14/h5-9,11H,3-4H2,1-2H3. The van der Waals surface area contributed by atoms with Crippen LogP contribution in [-0.4, -0.2) is 15.8 Å². The van der Waals surface area contributed by atoms with Gasteiger partial charge in [-0.3, -0.25) is 4.79 Å². The molecule has 3 unspecified atom stereocenters. The molecule has 3 nitrogen and oxygen atoms in total. The minimum absolute atomic E-state index is 0.465. The van der Waals surface area contributed by atoms with Crippen LogP contribution < -0.4 is 0 Å². The second-order valence-corrected chi connectivity index (χ2v) is 4.32. The van der Waals surface area contributed by atoms with Crippen molar-refractivity contribution in [3.63, 3.8) is 0 Å². The summed E-state index contributed by atoms with van der Waals surface area (Å²) in [4.78, 5) is 14.8. The van der Waals surface area contributed by atoms with E-state index in [0.717, 1.165) is 12.2 Å². The highest BCUT2D eigenvalue weighted by Gasteiger charge is 2.31. The molecule has 3 atom stereocenters. The molecule has 1 fully saturated rings. The summed E-state index contributed by atoms with van der Waals surface area (Å²) in [6.07, 6.45) is 6.73. The van der Waals surface area contributed by atoms with Crippen molar-refractivity contribution in [3.8, 4) is 0 Å². The predicted octanol–water partition coefficient (Wildman–Crippen LogP) is 2.30. The molecule has 0 bridgehead atoms. The highest BCUT2D eigenvalue weighted by molar-refractivity contribution is 5.71. The summed E-state index contributed by atoms with van der Waals surface area (Å²) in [7, 11) is 0. The van der Waals surface area contributed by atoms with Crippen molar-refractivity contribution in [2.45, 2.75) is 32.7 Å². The van der Waals surface area contributed by atoms with E-state index in [9.17, 15) is 4.79 Å². The molecule has 14 heavy (non-hydrogen) atoms. The zero-order valence-electron chi connectivity index (χ0n) is 8.68. The fourth-order valence-electron chi connectivity index (χ4n) is 2.41. The normalized spacial score (nSPS) is 32.0. The van der Waals surface area contributed by atoms with Gasteiger partial charge in [-0.25, -0.2) is 4.98 Å². The van der Waals surface area contributed by atoms with Gasteiger partial charge in [0.2, 0.25) is 0 Å². The van der Waals surface area contributed by atoms with Gasteiger partial charge in [0.05, 0.1) is 12.5 Å². The number of aldehydes is 1. The average Bonchev–Trinajstić information content (AvgIpc) is 2.75. The maximum absolute atomic E-state index is 10.8. The Bertz CT molecular complexity index is 332. The third kappa shape index (κ3) is 1.37. The zero-order valence-corrected chi connectivity index (χ0v) is 8.68. The second-order valence-electron chi connectivity index (χ2n) is 4.32. The van der Waals surface area contributed by atoms with Crippen LogP contribution in [0, 0.1) is 11.8 Å². The van der Waals surface area contributed by atoms with E-state index in [1.165, 1.54) is 12.8 Å². The first-order chi connectivity index (χ1) is 6.74. The van der Waals surface area contributed by atoms with Gasteiger partial charge in [-0.05, 0) is 24.7 Å². The molecule has 1 saturated carbocycles. The van der Waals surface area contributed by atoms with Crippen LogP contribution in [0.2, 0.25) is 0 Å². The lowest BCUT2D eigenvalue weighted by molar-refractivity contribution is 0.111. The Morgan fingerprint density at radius 1 is 1.50 bits per heavy atom. The number of carbonyl (C=O) groups excluding carboxylic acids is 1. The molecular weight excluding hydrogens is 176 g/mol. The van der Waals surface area contributed by atoms with Gasteiger partial charge in [0.1, 0.15) is 5.69 Å². The predicted molar refractivity (Wildman–Crippen MR) is 54.2 cm³/mol. The first kappa shape index (κ1) is 9.44. The zero-order chi connectivity index (χ0) is 10.1. The summed E-state index contributed by atoms with van der Waals surface area (Å²) in [6.45, 7) is 4.54. The van der Waals surface area contributed by atoms with Crippen LogP contribution in [0.1, 0.15) is 43.2 Å². The van der Waals surface area contributed by atoms with Crippen LogP contribution in [0.25, 0.3) is 0 Å². The Hall–Kier alpha value is -1.12. The van der Waals surface area contributed by atoms with E-state index < -0.39 is 0 Å². The number of rotatable bonds is 2. The fourth-order valence-corrected chi connectivity index (χ4v) is 2.41. The van der Waals surface area contributed by atoms with Gasteiger partial charge >= 0.3 is 0 Å². The highest BCUT2D eigenvalue weighted by atomic mass is 16.1. The Morgan fingerprint density at radius 2 is 2.29 bits per heavy atom. The lowest BCUT2D eigenvalue weighted by Gasteiger charge is -2.20. The highest BCUT2D eigenvalue weighted by Crippen LogP contribution is 2.39. The van der Waals surface area contributed by atoms with Gasteiger partial charge in [0.15, 0.2) is 6.29 Å². The molecular formula is C11H16N2O. The van der Waals surface area contributed by atoms with Crippen molar-refractivity contribution in [1.29, 1.82) is 0 Å². The van der Waals surface area contributed by atoms with E-state index in [2.05, 4.69) is 18.8 Å². The molecule has 0 N–H and O–H groups in total. The minimum atomic E-state index is 0.465. The van der Waals surface area contributed by atoms with Crippen molar-refractivity contribution < 1.29 is 4.79 Å². The first-order valence-corrected chi connectivity index (χ1v) is 5.21. The molecule has 3 heteroatoms. The van der Waals surface area contributed by atoms with Gasteiger partial charge < -0.3 is 4.57 Å². The van der Waals surface area contributed by atoms with E-state index in [4.69, 9.17) is 0 Å². The molecule has 0 radical (unpaired) electrons. The largest absolute Gasteiger partial charge is 0.325 e. The van der Waals surface area contributed by atoms with Crippen molar-refractivity contribution in [3.05, 3.63) is 18.2 Å². The molecule has 76 valence electrons. The topological polar surface area (TPSA) is 34.9 Å². The van der Waals surface area contributed by atoms with Crippen LogP contribution in [0.5, 0.6) is 0 Å². The fraction of sp³-hybridized carbons (Fsp3) is 0.636. The van der Waals surface area contributed by atoms with Crippen LogP contribution in [0.15, 0.2) is 12.5 Å². The summed E-state index contributed by atoms with van der Waals surface area (Å²) < 4.78 is 2.03. The maximum atomic E-state index is 10.8. The minimum Gasteiger partial charge on any atom is -0.325 e. The molecule has 0 aromatic carbocycles. The molecule has 1 aromatic rings. The Balaban J connectivity index is 2.27. The molecule has 0 saturated heterocycles. The molecule has 0 aliphatic heterocycles. The van der Waals surface area contributed by atoms with Crippen LogP contribution in [0.3, 0.4) is 0 Å². The van der Waals surface area contributed by atoms with E-state index in [1.807, 2.05) is 4.57 Å². The Morgan fingerprint density at radius 3 is 2.86 bits per heavy atom. The van der Waals surface area contributed by atoms with Crippen LogP contribution >= 0.6 is 0 Å². The van der Waals surface area contributed by atoms with Crippen molar-refractivity contribution >= 4 is 6.29 Å². The van der Waals surface area contributed by atoms with Crippen molar-refractivity contribution in [2.75, 3.05) is 0 Å². The number of hydrogen-bond donors (Lipinski definition) is 0. The molecule has 1 aliphatic rings. The molecule has 0 spiro atoms. The third-order valence-electron chi connectivity index (χ3n) is 3.60. The summed E-state index contributed by atoms with van der Waals surface area (Å²) in [5.41, 5.74) is 0.705. The number of hydrogen-bond acceptors (Lipinski definition) is 2. The van der Waals surface area contributed by atoms with Gasteiger partial charge in [0, 0.05) is 6.04 Å². The van der Waals surface area contributed by atoms with Crippen molar-refractivity contribution in [1.82, 2.24) is 9.55 Å². The van der Waals surface area contributed by atoms with Gasteiger partial charge in [-0.15, -0.1) is 0 Å². The van der Waals surface area contributed by atoms with Crippen LogP contribution in [0.4, 0.5) is 0 Å². The molecule has 2 rings (SSSR count). The summed E-state index contributed by atoms with van der Waals surface area (Å²) in [5, 5.41) is 0. The molecule has 1 heterocycles. The number of imidazole rings is 1. The molecule has 1 aromatic heterocycles. The first-order valence-electron chi connectivity index (χ1n) is 5.21. The number of aromatic nitrogens is 2. The summed E-state index contributed by atoms with van der Waals surface area (Å²) in [6, 6.07) is 0.465. The SMILES string of the molecule is CC1CCC(n2cncc2C=O)C1C. The monoisotopic (exact) mass is 192 g/mol. The Kier molecular flexibility index (Phi) is 2.40. The van der Waals surface area contributed by atoms with E-state index >= 15 is 0 Å². The van der Waals surface area contributed by atoms with E-state index in [1.54, 1.807) is 12.5 Å². The van der Waals surface area contributed by atoms with Gasteiger partial charge in [-0.2, -0.15) is 0 Å². The number of nitrogens with zero attached hydrogens (tertiary/aromatic N) is 2. The Labute approximate surface area is 84.1 Å². The lowest BCUT2D eigenvalue weighted by Crippen LogP contribution is -2.15. The van der Waals surface area contributed by atoms with Crippen molar-refractivity contribution in [2.24, 2.45) is 11.8 Å². The van der Waals surface area contributed by atoms with E-state index in [-0.39, 0.29) is 0 Å². The lowest BCUT2D eigenvalue weighted by atomic mass is 9.97. The average molecular weight is 192 g/mol. The number of carbonyl (C=O) groups is 1. The maximum Gasteiger partial charge on any atom is 0.168 e. The second kappa shape index (κ2) is 3.56. The quantitative estimate of drug-likeness (QED) is 0.674. The summed E-state index contributed by atoms with van der Waals surface area (Å²) >= 11 is 0. The smallest absolute Gasteiger partial charge is 0.168 e. The molecule has 1 aliphatic carbocycles. The third-order valence-corrected chi connectivity index (χ3v) is 3.60. The molecule has 0 amide bonds.